The Labute approximate surface area is 147 Å². The molecular weight excluding hydrogens is 326 g/mol. The zero-order valence-electron chi connectivity index (χ0n) is 14.0. The molecule has 1 amide bonds. The first kappa shape index (κ1) is 18.7. The van der Waals surface area contributed by atoms with Crippen molar-refractivity contribution >= 4 is 23.6 Å². The number of hydrogen-bond donors (Lipinski definition) is 2. The summed E-state index contributed by atoms with van der Waals surface area (Å²) in [6, 6.07) is 5.56. The van der Waals surface area contributed by atoms with E-state index in [1.165, 1.54) is 0 Å². The number of nitrogens with one attached hydrogen (secondary N) is 1. The van der Waals surface area contributed by atoms with Gasteiger partial charge in [0.15, 0.2) is 0 Å². The molecule has 6 nitrogen and oxygen atoms in total. The smallest absolute Gasteiger partial charge is 0.307 e. The van der Waals surface area contributed by atoms with Gasteiger partial charge in [-0.3, -0.25) is 14.6 Å². The van der Waals surface area contributed by atoms with Gasteiger partial charge in [0.05, 0.1) is 24.1 Å². The summed E-state index contributed by atoms with van der Waals surface area (Å²) >= 11 is 1.78. The van der Waals surface area contributed by atoms with Gasteiger partial charge < -0.3 is 15.3 Å². The molecule has 24 heavy (non-hydrogen) atoms. The molecule has 1 aliphatic heterocycles. The molecule has 0 radical (unpaired) electrons. The van der Waals surface area contributed by atoms with Crippen LogP contribution >= 0.6 is 11.8 Å². The van der Waals surface area contributed by atoms with Crippen molar-refractivity contribution in [3.63, 3.8) is 0 Å². The van der Waals surface area contributed by atoms with E-state index in [0.717, 1.165) is 24.4 Å². The first-order chi connectivity index (χ1) is 11.6. The lowest BCUT2D eigenvalue weighted by atomic mass is 9.88. The summed E-state index contributed by atoms with van der Waals surface area (Å²) in [5.41, 5.74) is 0.799. The number of carbonyl (C=O) groups excluding carboxylic acids is 1. The Morgan fingerprint density at radius 3 is 2.83 bits per heavy atom. The summed E-state index contributed by atoms with van der Waals surface area (Å²) in [5.74, 6) is -0.602. The highest BCUT2D eigenvalue weighted by atomic mass is 32.2. The lowest BCUT2D eigenvalue weighted by Crippen LogP contribution is -2.48. The summed E-state index contributed by atoms with van der Waals surface area (Å²) in [6.45, 7) is 2.38. The molecule has 0 aromatic carbocycles. The molecule has 2 rings (SSSR count). The number of aliphatic carboxylic acids is 1. The third-order valence-electron chi connectivity index (χ3n) is 4.24. The highest BCUT2D eigenvalue weighted by Gasteiger charge is 2.34. The predicted octanol–water partition coefficient (Wildman–Crippen LogP) is 1.47. The van der Waals surface area contributed by atoms with E-state index >= 15 is 0 Å². The molecule has 2 N–H and O–H groups in total. The normalized spacial score (nSPS) is 21.4. The van der Waals surface area contributed by atoms with E-state index in [1.54, 1.807) is 18.0 Å². The van der Waals surface area contributed by atoms with Crippen LogP contribution in [0.25, 0.3) is 0 Å². The minimum atomic E-state index is -0.813. The zero-order chi connectivity index (χ0) is 17.4. The molecule has 0 unspecified atom stereocenters. The molecule has 0 spiro atoms. The lowest BCUT2D eigenvalue weighted by Gasteiger charge is -2.35. The fourth-order valence-corrected chi connectivity index (χ4v) is 3.42. The largest absolute Gasteiger partial charge is 0.481 e. The average molecular weight is 351 g/mol. The Kier molecular flexibility index (Phi) is 7.52. The van der Waals surface area contributed by atoms with Crippen LogP contribution in [0.1, 0.15) is 18.5 Å². The average Bonchev–Trinajstić information content (AvgIpc) is 2.60. The Balaban J connectivity index is 1.90. The fourth-order valence-electron chi connectivity index (χ4n) is 3.00. The monoisotopic (exact) mass is 351 g/mol. The number of thioether (sulfide) groups is 1. The second-order valence-corrected chi connectivity index (χ2v) is 7.10. The van der Waals surface area contributed by atoms with Crippen LogP contribution in [0.5, 0.6) is 0 Å². The molecule has 0 aliphatic carbocycles. The van der Waals surface area contributed by atoms with Gasteiger partial charge in [-0.25, -0.2) is 0 Å². The SMILES string of the molecule is CSCCCN1C[C@H](C(=O)O)C[C@@H](C(=O)NCc2ccccn2)C1. The highest BCUT2D eigenvalue weighted by Crippen LogP contribution is 2.23. The van der Waals surface area contributed by atoms with Crippen LogP contribution in [0.3, 0.4) is 0 Å². The number of aromatic nitrogens is 1. The van der Waals surface area contributed by atoms with Crippen molar-refractivity contribution < 1.29 is 14.7 Å². The quantitative estimate of drug-likeness (QED) is 0.690. The van der Waals surface area contributed by atoms with E-state index in [1.807, 2.05) is 18.2 Å². The third-order valence-corrected chi connectivity index (χ3v) is 4.94. The number of hydrogen-bond acceptors (Lipinski definition) is 5. The molecule has 2 heterocycles. The number of amides is 1. The fraction of sp³-hybridized carbons (Fsp3) is 0.588. The Morgan fingerprint density at radius 2 is 2.17 bits per heavy atom. The van der Waals surface area contributed by atoms with Gasteiger partial charge in [-0.1, -0.05) is 6.07 Å². The van der Waals surface area contributed by atoms with E-state index in [2.05, 4.69) is 21.5 Å². The second-order valence-electron chi connectivity index (χ2n) is 6.11. The lowest BCUT2D eigenvalue weighted by molar-refractivity contribution is -0.145. The van der Waals surface area contributed by atoms with Gasteiger partial charge >= 0.3 is 5.97 Å². The molecule has 7 heteroatoms. The first-order valence-electron chi connectivity index (χ1n) is 8.22. The molecule has 1 fully saturated rings. The second kappa shape index (κ2) is 9.64. The van der Waals surface area contributed by atoms with Crippen LogP contribution in [0.15, 0.2) is 24.4 Å². The highest BCUT2D eigenvalue weighted by molar-refractivity contribution is 7.98. The van der Waals surface area contributed by atoms with E-state index in [4.69, 9.17) is 0 Å². The van der Waals surface area contributed by atoms with Crippen molar-refractivity contribution in [2.24, 2.45) is 11.8 Å². The number of likely N-dealkylation sites (tertiary alicyclic amines) is 1. The topological polar surface area (TPSA) is 82.5 Å². The maximum atomic E-state index is 12.5. The number of carboxylic acids is 1. The van der Waals surface area contributed by atoms with Crippen molar-refractivity contribution in [3.8, 4) is 0 Å². The van der Waals surface area contributed by atoms with Gasteiger partial charge in [-0.15, -0.1) is 0 Å². The van der Waals surface area contributed by atoms with Crippen molar-refractivity contribution in [1.29, 1.82) is 0 Å². The minimum Gasteiger partial charge on any atom is -0.481 e. The Morgan fingerprint density at radius 1 is 1.38 bits per heavy atom. The molecule has 1 saturated heterocycles. The number of carbonyl (C=O) groups is 2. The van der Waals surface area contributed by atoms with Crippen LogP contribution in [-0.4, -0.2) is 58.5 Å². The maximum Gasteiger partial charge on any atom is 0.307 e. The van der Waals surface area contributed by atoms with Crippen LogP contribution in [0.2, 0.25) is 0 Å². The van der Waals surface area contributed by atoms with Crippen LogP contribution in [0.4, 0.5) is 0 Å². The first-order valence-corrected chi connectivity index (χ1v) is 9.61. The van der Waals surface area contributed by atoms with Gasteiger partial charge in [-0.2, -0.15) is 11.8 Å². The third kappa shape index (κ3) is 5.79. The van der Waals surface area contributed by atoms with E-state index in [0.29, 0.717) is 26.1 Å². The maximum absolute atomic E-state index is 12.5. The molecule has 0 bridgehead atoms. The number of rotatable bonds is 8. The van der Waals surface area contributed by atoms with E-state index < -0.39 is 11.9 Å². The van der Waals surface area contributed by atoms with Crippen molar-refractivity contribution in [2.75, 3.05) is 31.6 Å². The van der Waals surface area contributed by atoms with Gasteiger partial charge in [0, 0.05) is 19.3 Å². The number of carboxylic acid groups (broad SMARTS) is 1. The van der Waals surface area contributed by atoms with Gasteiger partial charge in [-0.05, 0) is 43.5 Å². The number of piperidine rings is 1. The van der Waals surface area contributed by atoms with Crippen LogP contribution < -0.4 is 5.32 Å². The van der Waals surface area contributed by atoms with Crippen molar-refractivity contribution in [2.45, 2.75) is 19.4 Å². The van der Waals surface area contributed by atoms with E-state index in [-0.39, 0.29) is 11.8 Å². The zero-order valence-corrected chi connectivity index (χ0v) is 14.8. The standard InChI is InChI=1S/C17H25N3O3S/c1-24-8-4-7-20-11-13(9-14(12-20)17(22)23)16(21)19-10-15-5-2-3-6-18-15/h2-3,5-6,13-14H,4,7-12H2,1H3,(H,19,21)(H,22,23)/t13-,14-/m1/s1. The van der Waals surface area contributed by atoms with Gasteiger partial charge in [0.2, 0.25) is 5.91 Å². The van der Waals surface area contributed by atoms with E-state index in [9.17, 15) is 14.7 Å². The van der Waals surface area contributed by atoms with Crippen LogP contribution in [0, 0.1) is 11.8 Å². The summed E-state index contributed by atoms with van der Waals surface area (Å²) in [5, 5.41) is 12.3. The summed E-state index contributed by atoms with van der Waals surface area (Å²) in [4.78, 5) is 30.2. The Bertz CT molecular complexity index is 541. The number of pyridine rings is 1. The van der Waals surface area contributed by atoms with Gasteiger partial charge in [0.25, 0.3) is 0 Å². The minimum absolute atomic E-state index is 0.0820. The number of nitrogens with zero attached hydrogens (tertiary/aromatic N) is 2. The molecular formula is C17H25N3O3S. The predicted molar refractivity (Wildman–Crippen MR) is 94.8 cm³/mol. The van der Waals surface area contributed by atoms with Gasteiger partial charge in [0.1, 0.15) is 0 Å². The molecule has 2 atom stereocenters. The molecule has 1 aliphatic rings. The molecule has 1 aromatic rings. The summed E-state index contributed by atoms with van der Waals surface area (Å²) < 4.78 is 0. The van der Waals surface area contributed by atoms with Crippen molar-refractivity contribution in [1.82, 2.24) is 15.2 Å². The molecule has 1 aromatic heterocycles. The summed E-state index contributed by atoms with van der Waals surface area (Å²) in [7, 11) is 0. The van der Waals surface area contributed by atoms with Crippen LogP contribution in [-0.2, 0) is 16.1 Å². The summed E-state index contributed by atoms with van der Waals surface area (Å²) in [6.07, 6.45) is 5.17. The van der Waals surface area contributed by atoms with Crippen molar-refractivity contribution in [3.05, 3.63) is 30.1 Å². The molecule has 0 saturated carbocycles. The molecule has 132 valence electrons. The Hall–Kier alpha value is -1.60.